The van der Waals surface area contributed by atoms with Gasteiger partial charge in [0, 0.05) is 22.6 Å². The molecule has 1 fully saturated rings. The highest BCUT2D eigenvalue weighted by molar-refractivity contribution is 9.10. The van der Waals surface area contributed by atoms with Crippen LogP contribution in [-0.2, 0) is 13.2 Å². The maximum atomic E-state index is 13.7. The van der Waals surface area contributed by atoms with Crippen molar-refractivity contribution in [2.75, 3.05) is 0 Å². The van der Waals surface area contributed by atoms with Crippen molar-refractivity contribution in [3.63, 3.8) is 0 Å². The molecule has 1 N–H and O–H groups in total. The molecule has 0 amide bonds. The van der Waals surface area contributed by atoms with Crippen molar-refractivity contribution in [2.24, 2.45) is 0 Å². The van der Waals surface area contributed by atoms with Gasteiger partial charge in [0.15, 0.2) is 0 Å². The van der Waals surface area contributed by atoms with Gasteiger partial charge in [0.05, 0.1) is 0 Å². The second-order valence-corrected chi connectivity index (χ2v) is 6.24. The maximum Gasteiger partial charge on any atom is 0.130 e. The van der Waals surface area contributed by atoms with Crippen molar-refractivity contribution >= 4 is 15.9 Å². The lowest BCUT2D eigenvalue weighted by molar-refractivity contribution is 0.299. The molecule has 21 heavy (non-hydrogen) atoms. The van der Waals surface area contributed by atoms with Crippen LogP contribution in [0.1, 0.15) is 24.0 Å². The topological polar surface area (TPSA) is 21.3 Å². The molecule has 0 radical (unpaired) electrons. The molecule has 3 rings (SSSR count). The van der Waals surface area contributed by atoms with Crippen LogP contribution in [-0.4, -0.2) is 6.04 Å². The number of halogens is 2. The second-order valence-electron chi connectivity index (χ2n) is 5.33. The fraction of sp³-hybridized carbons (Fsp3) is 0.294. The quantitative estimate of drug-likeness (QED) is 0.833. The summed E-state index contributed by atoms with van der Waals surface area (Å²) < 4.78 is 20.2. The molecular weight excluding hydrogens is 333 g/mol. The van der Waals surface area contributed by atoms with Crippen molar-refractivity contribution in [3.8, 4) is 5.75 Å². The van der Waals surface area contributed by atoms with E-state index in [4.69, 9.17) is 4.74 Å². The smallest absolute Gasteiger partial charge is 0.130 e. The van der Waals surface area contributed by atoms with E-state index in [-0.39, 0.29) is 12.4 Å². The highest BCUT2D eigenvalue weighted by Gasteiger charge is 2.19. The lowest BCUT2D eigenvalue weighted by Gasteiger charge is -2.09. The van der Waals surface area contributed by atoms with E-state index < -0.39 is 0 Å². The molecule has 2 nitrogen and oxygen atoms in total. The number of benzene rings is 2. The molecule has 0 saturated heterocycles. The monoisotopic (exact) mass is 349 g/mol. The lowest BCUT2D eigenvalue weighted by Crippen LogP contribution is -2.15. The van der Waals surface area contributed by atoms with Crippen LogP contribution >= 0.6 is 15.9 Å². The van der Waals surface area contributed by atoms with Crippen molar-refractivity contribution in [1.82, 2.24) is 5.32 Å². The Morgan fingerprint density at radius 1 is 1.19 bits per heavy atom. The Morgan fingerprint density at radius 2 is 2.05 bits per heavy atom. The van der Waals surface area contributed by atoms with Crippen LogP contribution in [0.5, 0.6) is 5.75 Å². The van der Waals surface area contributed by atoms with Gasteiger partial charge in [-0.1, -0.05) is 34.1 Å². The van der Waals surface area contributed by atoms with E-state index >= 15 is 0 Å². The molecule has 0 aromatic heterocycles. The highest BCUT2D eigenvalue weighted by atomic mass is 79.9. The Labute approximate surface area is 132 Å². The first kappa shape index (κ1) is 14.5. The fourth-order valence-corrected chi connectivity index (χ4v) is 2.43. The van der Waals surface area contributed by atoms with Gasteiger partial charge in [-0.05, 0) is 42.7 Å². The average molecular weight is 350 g/mol. The number of hydrogen-bond donors (Lipinski definition) is 1. The van der Waals surface area contributed by atoms with Gasteiger partial charge in [-0.2, -0.15) is 0 Å². The van der Waals surface area contributed by atoms with E-state index in [1.807, 2.05) is 24.3 Å². The maximum absolute atomic E-state index is 13.7. The number of ether oxygens (including phenoxy) is 1. The van der Waals surface area contributed by atoms with Gasteiger partial charge < -0.3 is 10.1 Å². The minimum atomic E-state index is -0.254. The standard InChI is InChI=1S/C17H17BrFNO/c18-14-5-4-13(17(19)9-14)11-21-16-3-1-2-12(8-16)10-20-15-6-7-15/h1-5,8-9,15,20H,6-7,10-11H2. The van der Waals surface area contributed by atoms with E-state index in [0.29, 0.717) is 11.6 Å². The molecule has 0 aliphatic heterocycles. The average Bonchev–Trinajstić information content (AvgIpc) is 3.29. The zero-order valence-corrected chi connectivity index (χ0v) is 13.2. The number of hydrogen-bond acceptors (Lipinski definition) is 2. The summed E-state index contributed by atoms with van der Waals surface area (Å²) in [5, 5.41) is 3.47. The molecule has 2 aromatic carbocycles. The van der Waals surface area contributed by atoms with E-state index in [1.54, 1.807) is 6.07 Å². The third-order valence-corrected chi connectivity index (χ3v) is 3.97. The van der Waals surface area contributed by atoms with E-state index in [9.17, 15) is 4.39 Å². The van der Waals surface area contributed by atoms with Gasteiger partial charge in [0.25, 0.3) is 0 Å². The first-order valence-electron chi connectivity index (χ1n) is 7.10. The van der Waals surface area contributed by atoms with E-state index in [0.717, 1.165) is 16.8 Å². The number of nitrogens with one attached hydrogen (secondary N) is 1. The normalized spacial score (nSPS) is 14.2. The largest absolute Gasteiger partial charge is 0.489 e. The molecule has 1 aliphatic carbocycles. The molecule has 4 heteroatoms. The van der Waals surface area contributed by atoms with Crippen LogP contribution in [0.15, 0.2) is 46.9 Å². The molecule has 1 aliphatic rings. The van der Waals surface area contributed by atoms with Gasteiger partial charge in [-0.3, -0.25) is 0 Å². The summed E-state index contributed by atoms with van der Waals surface area (Å²) in [7, 11) is 0. The van der Waals surface area contributed by atoms with Crippen LogP contribution in [0, 0.1) is 5.82 Å². The van der Waals surface area contributed by atoms with E-state index in [2.05, 4.69) is 27.3 Å². The minimum absolute atomic E-state index is 0.235. The summed E-state index contributed by atoms with van der Waals surface area (Å²) >= 11 is 3.25. The SMILES string of the molecule is Fc1cc(Br)ccc1COc1cccc(CNC2CC2)c1. The fourth-order valence-electron chi connectivity index (χ4n) is 2.09. The van der Waals surface area contributed by atoms with Crippen LogP contribution in [0.3, 0.4) is 0 Å². The molecule has 0 heterocycles. The van der Waals surface area contributed by atoms with Gasteiger partial charge in [-0.25, -0.2) is 4.39 Å². The Bertz CT molecular complexity index is 628. The highest BCUT2D eigenvalue weighted by Crippen LogP contribution is 2.21. The first-order valence-corrected chi connectivity index (χ1v) is 7.89. The summed E-state index contributed by atoms with van der Waals surface area (Å²) in [5.41, 5.74) is 1.75. The second kappa shape index (κ2) is 6.58. The van der Waals surface area contributed by atoms with Gasteiger partial charge >= 0.3 is 0 Å². The molecule has 2 aromatic rings. The summed E-state index contributed by atoms with van der Waals surface area (Å²) in [6.45, 7) is 1.09. The van der Waals surface area contributed by atoms with Crippen LogP contribution in [0.4, 0.5) is 4.39 Å². The minimum Gasteiger partial charge on any atom is -0.489 e. The predicted octanol–water partition coefficient (Wildman–Crippen LogP) is 4.42. The molecule has 1 saturated carbocycles. The van der Waals surface area contributed by atoms with Crippen molar-refractivity contribution in [2.45, 2.75) is 32.0 Å². The van der Waals surface area contributed by atoms with Crippen LogP contribution < -0.4 is 10.1 Å². The molecule has 110 valence electrons. The predicted molar refractivity (Wildman–Crippen MR) is 84.7 cm³/mol. The first-order chi connectivity index (χ1) is 10.2. The third-order valence-electron chi connectivity index (χ3n) is 3.48. The summed E-state index contributed by atoms with van der Waals surface area (Å²) in [4.78, 5) is 0. The van der Waals surface area contributed by atoms with Crippen molar-refractivity contribution in [3.05, 3.63) is 63.9 Å². The van der Waals surface area contributed by atoms with Gasteiger partial charge in [0.1, 0.15) is 18.2 Å². The number of rotatable bonds is 6. The zero-order chi connectivity index (χ0) is 14.7. The van der Waals surface area contributed by atoms with Crippen molar-refractivity contribution < 1.29 is 9.13 Å². The Morgan fingerprint density at radius 3 is 2.81 bits per heavy atom. The van der Waals surface area contributed by atoms with Crippen molar-refractivity contribution in [1.29, 1.82) is 0 Å². The Balaban J connectivity index is 1.60. The molecule has 0 unspecified atom stereocenters. The molecular formula is C17H17BrFNO. The van der Waals surface area contributed by atoms with Gasteiger partial charge in [-0.15, -0.1) is 0 Å². The van der Waals surface area contributed by atoms with Crippen LogP contribution in [0.25, 0.3) is 0 Å². The Kier molecular flexibility index (Phi) is 4.56. The van der Waals surface area contributed by atoms with Gasteiger partial charge in [0.2, 0.25) is 0 Å². The van der Waals surface area contributed by atoms with Crippen LogP contribution in [0.2, 0.25) is 0 Å². The van der Waals surface area contributed by atoms with E-state index in [1.165, 1.54) is 24.5 Å². The lowest BCUT2D eigenvalue weighted by atomic mass is 10.2. The summed E-state index contributed by atoms with van der Waals surface area (Å²) in [6, 6.07) is 13.6. The Hall–Kier alpha value is -1.39. The molecule has 0 bridgehead atoms. The zero-order valence-electron chi connectivity index (χ0n) is 11.6. The third kappa shape index (κ3) is 4.29. The summed E-state index contributed by atoms with van der Waals surface area (Å²) in [5.74, 6) is 0.517. The molecule has 0 atom stereocenters. The summed E-state index contributed by atoms with van der Waals surface area (Å²) in [6.07, 6.45) is 2.55. The molecule has 0 spiro atoms.